The number of methoxy groups -OCH3 is 4. The van der Waals surface area contributed by atoms with Gasteiger partial charge in [0.2, 0.25) is 0 Å². The lowest BCUT2D eigenvalue weighted by atomic mass is 9.78. The van der Waals surface area contributed by atoms with E-state index in [2.05, 4.69) is 31.7 Å². The molecule has 1 saturated carbocycles. The third-order valence-electron chi connectivity index (χ3n) is 11.6. The molecule has 2 aromatic carbocycles. The van der Waals surface area contributed by atoms with Crippen LogP contribution in [0.1, 0.15) is 62.8 Å². The molecule has 2 aromatic heterocycles. The summed E-state index contributed by atoms with van der Waals surface area (Å²) in [6, 6.07) is 11.8. The topological polar surface area (TPSA) is 113 Å². The predicted molar refractivity (Wildman–Crippen MR) is 187 cm³/mol. The van der Waals surface area contributed by atoms with Crippen molar-refractivity contribution in [2.24, 2.45) is 0 Å². The molecule has 0 radical (unpaired) electrons. The number of ether oxygens (including phenoxy) is 4. The van der Waals surface area contributed by atoms with Gasteiger partial charge in [0.25, 0.3) is 0 Å². The van der Waals surface area contributed by atoms with Crippen LogP contribution in [0.4, 0.5) is 0 Å². The summed E-state index contributed by atoms with van der Waals surface area (Å²) in [6.45, 7) is 5.65. The molecule has 6 atom stereocenters. The monoisotopic (exact) mass is 679 g/mol. The first kappa shape index (κ1) is 32.6. The van der Waals surface area contributed by atoms with E-state index in [9.17, 15) is 10.2 Å². The Balaban J connectivity index is 1.33. The molecule has 262 valence electrons. The van der Waals surface area contributed by atoms with Crippen LogP contribution in [0.5, 0.6) is 34.5 Å². The van der Waals surface area contributed by atoms with Crippen LogP contribution in [0, 0.1) is 13.8 Å². The second kappa shape index (κ2) is 12.3. The quantitative estimate of drug-likeness (QED) is 0.235. The van der Waals surface area contributed by atoms with Crippen molar-refractivity contribution >= 4 is 0 Å². The molecule has 11 nitrogen and oxygen atoms in total. The van der Waals surface area contributed by atoms with Gasteiger partial charge in [-0.25, -0.2) is 0 Å². The van der Waals surface area contributed by atoms with Crippen LogP contribution in [-0.4, -0.2) is 95.0 Å². The Bertz CT molecular complexity index is 1900. The molecule has 1 aliphatic carbocycles. The maximum Gasteiger partial charge on any atom is 0.167 e. The number of benzene rings is 2. The lowest BCUT2D eigenvalue weighted by molar-refractivity contribution is -0.0211. The molecule has 4 unspecified atom stereocenters. The van der Waals surface area contributed by atoms with Crippen LogP contribution in [0.2, 0.25) is 0 Å². The maximum atomic E-state index is 12.2. The van der Waals surface area contributed by atoms with Crippen LogP contribution in [-0.2, 0) is 19.5 Å². The average Bonchev–Trinajstić information content (AvgIpc) is 3.88. The minimum Gasteiger partial charge on any atom is -0.504 e. The number of hydrogen-bond acceptors (Lipinski definition) is 11. The summed E-state index contributed by atoms with van der Waals surface area (Å²) in [5.74, 6) is 2.81. The second-order valence-corrected chi connectivity index (χ2v) is 14.0. The molecule has 0 amide bonds. The molecule has 8 rings (SSSR count). The molecular formula is C39H45N5O6. The molecule has 1 saturated heterocycles. The highest BCUT2D eigenvalue weighted by Crippen LogP contribution is 2.69. The summed E-state index contributed by atoms with van der Waals surface area (Å²) in [5, 5.41) is 24.1. The van der Waals surface area contributed by atoms with Crippen LogP contribution < -0.4 is 18.9 Å². The number of rotatable bonds is 10. The zero-order valence-electron chi connectivity index (χ0n) is 29.7. The fourth-order valence-electron chi connectivity index (χ4n) is 9.77. The van der Waals surface area contributed by atoms with Gasteiger partial charge >= 0.3 is 0 Å². The third-order valence-corrected chi connectivity index (χ3v) is 11.6. The number of piperazine rings is 1. The van der Waals surface area contributed by atoms with Crippen molar-refractivity contribution < 1.29 is 29.2 Å². The average molecular weight is 680 g/mol. The maximum absolute atomic E-state index is 12.2. The van der Waals surface area contributed by atoms with Gasteiger partial charge in [0.15, 0.2) is 23.0 Å². The first-order valence-corrected chi connectivity index (χ1v) is 17.2. The van der Waals surface area contributed by atoms with Gasteiger partial charge in [0.05, 0.1) is 51.9 Å². The molecular weight excluding hydrogens is 634 g/mol. The zero-order valence-corrected chi connectivity index (χ0v) is 29.7. The SMILES string of the molecule is COc1c(C)c(OC)c2c(c1O)[C@@H]1C3Cc4c(OC)c(C)c(OC)c(O)c4[C@H](CN(Cc4ccccn4)Cc4ccccn4)N3C3C2C3N1C. The molecule has 2 bridgehead atoms. The molecule has 5 heterocycles. The van der Waals surface area contributed by atoms with E-state index in [0.29, 0.717) is 37.6 Å². The smallest absolute Gasteiger partial charge is 0.167 e. The highest BCUT2D eigenvalue weighted by molar-refractivity contribution is 5.70. The van der Waals surface area contributed by atoms with Crippen molar-refractivity contribution in [3.05, 3.63) is 93.6 Å². The summed E-state index contributed by atoms with van der Waals surface area (Å²) in [5.41, 5.74) is 7.20. The molecule has 50 heavy (non-hydrogen) atoms. The summed E-state index contributed by atoms with van der Waals surface area (Å²) in [6.07, 6.45) is 4.26. The van der Waals surface area contributed by atoms with E-state index in [1.807, 2.05) is 62.6 Å². The van der Waals surface area contributed by atoms with Gasteiger partial charge in [-0.3, -0.25) is 24.7 Å². The zero-order chi connectivity index (χ0) is 35.0. The largest absolute Gasteiger partial charge is 0.504 e. The van der Waals surface area contributed by atoms with Gasteiger partial charge in [-0.1, -0.05) is 12.1 Å². The van der Waals surface area contributed by atoms with Crippen LogP contribution in [0.15, 0.2) is 48.8 Å². The van der Waals surface area contributed by atoms with Gasteiger partial charge in [-0.15, -0.1) is 0 Å². The van der Waals surface area contributed by atoms with Gasteiger partial charge in [0.1, 0.15) is 11.5 Å². The van der Waals surface area contributed by atoms with E-state index < -0.39 is 0 Å². The number of aromatic nitrogens is 2. The van der Waals surface area contributed by atoms with E-state index in [1.54, 1.807) is 28.4 Å². The number of hydrogen-bond donors (Lipinski definition) is 2. The lowest BCUT2D eigenvalue weighted by Crippen LogP contribution is -2.59. The van der Waals surface area contributed by atoms with Gasteiger partial charge in [-0.2, -0.15) is 0 Å². The summed E-state index contributed by atoms with van der Waals surface area (Å²) < 4.78 is 23.9. The van der Waals surface area contributed by atoms with Crippen LogP contribution in [0.25, 0.3) is 0 Å². The fraction of sp³-hybridized carbons (Fsp3) is 0.436. The standard InChI is InChI=1S/C39H45N5O6/c1-20-36(47-4)24-16-25-31-30-28(37(48-5)21(2)39(50-7)35(30)46)29-32(42(31)3)33(29)44(25)26(27(24)34(45)38(20)49-6)19-43(17-22-12-8-10-14-40-22)18-23-13-9-11-15-41-23/h8-15,25-26,29,31-33,45-46H,16-19H2,1-7H3/t25?,26-,29?,31-,32?,33?/m0/s1. The van der Waals surface area contributed by atoms with Crippen molar-refractivity contribution in [2.75, 3.05) is 42.0 Å². The van der Waals surface area contributed by atoms with Crippen molar-refractivity contribution in [1.82, 2.24) is 24.7 Å². The molecule has 3 aliphatic heterocycles. The van der Waals surface area contributed by atoms with Crippen LogP contribution in [0.3, 0.4) is 0 Å². The van der Waals surface area contributed by atoms with E-state index in [1.165, 1.54) is 0 Å². The fourth-order valence-corrected chi connectivity index (χ4v) is 9.77. The summed E-state index contributed by atoms with van der Waals surface area (Å²) >= 11 is 0. The molecule has 2 fully saturated rings. The second-order valence-electron chi connectivity index (χ2n) is 14.0. The molecule has 0 spiro atoms. The van der Waals surface area contributed by atoms with Crippen molar-refractivity contribution in [3.8, 4) is 34.5 Å². The number of likely N-dealkylation sites (N-methyl/N-ethyl adjacent to an activating group) is 1. The Kier molecular flexibility index (Phi) is 8.04. The Morgan fingerprint density at radius 3 is 1.84 bits per heavy atom. The van der Waals surface area contributed by atoms with Crippen molar-refractivity contribution in [2.45, 2.75) is 69.5 Å². The lowest BCUT2D eigenvalue weighted by Gasteiger charge is -2.53. The number of fused-ring (bicyclic) bond motifs is 9. The van der Waals surface area contributed by atoms with E-state index in [0.717, 1.165) is 56.3 Å². The van der Waals surface area contributed by atoms with E-state index in [-0.39, 0.29) is 47.6 Å². The van der Waals surface area contributed by atoms with Crippen molar-refractivity contribution in [3.63, 3.8) is 0 Å². The number of phenols is 2. The minimum atomic E-state index is -0.251. The van der Waals surface area contributed by atoms with Crippen LogP contribution >= 0.6 is 0 Å². The predicted octanol–water partition coefficient (Wildman–Crippen LogP) is 5.04. The highest BCUT2D eigenvalue weighted by atomic mass is 16.5. The molecule has 4 aliphatic rings. The Hall–Kier alpha value is -4.58. The Labute approximate surface area is 293 Å². The first-order valence-electron chi connectivity index (χ1n) is 17.2. The normalized spacial score (nSPS) is 24.6. The van der Waals surface area contributed by atoms with E-state index in [4.69, 9.17) is 18.9 Å². The summed E-state index contributed by atoms with van der Waals surface area (Å²) in [4.78, 5) is 16.8. The highest BCUT2D eigenvalue weighted by Gasteiger charge is 2.71. The van der Waals surface area contributed by atoms with Gasteiger partial charge < -0.3 is 29.2 Å². The first-order chi connectivity index (χ1) is 24.2. The van der Waals surface area contributed by atoms with E-state index >= 15 is 0 Å². The number of phenolic OH excluding ortho intramolecular Hbond substituents is 2. The summed E-state index contributed by atoms with van der Waals surface area (Å²) in [7, 11) is 8.75. The van der Waals surface area contributed by atoms with Gasteiger partial charge in [0, 0.05) is 89.5 Å². The molecule has 4 aromatic rings. The Morgan fingerprint density at radius 1 is 0.740 bits per heavy atom. The third kappa shape index (κ3) is 4.66. The number of nitrogens with zero attached hydrogens (tertiary/aromatic N) is 5. The van der Waals surface area contributed by atoms with Crippen molar-refractivity contribution in [1.29, 1.82) is 0 Å². The minimum absolute atomic E-state index is 0.0549. The Morgan fingerprint density at radius 2 is 1.30 bits per heavy atom. The number of pyridine rings is 2. The van der Waals surface area contributed by atoms with Gasteiger partial charge in [-0.05, 0) is 51.6 Å². The molecule has 11 heteroatoms. The number of aromatic hydroxyl groups is 2. The molecule has 2 N–H and O–H groups in total.